The fourth-order valence-electron chi connectivity index (χ4n) is 3.67. The molecule has 4 rings (SSSR count). The van der Waals surface area contributed by atoms with Gasteiger partial charge in [-0.05, 0) is 49.2 Å². The predicted octanol–water partition coefficient (Wildman–Crippen LogP) is 4.95. The van der Waals surface area contributed by atoms with E-state index in [1.54, 1.807) is 55.6 Å². The van der Waals surface area contributed by atoms with Crippen molar-refractivity contribution in [2.24, 2.45) is 5.92 Å². The minimum atomic E-state index is -0.350. The van der Waals surface area contributed by atoms with Gasteiger partial charge in [-0.3, -0.25) is 9.59 Å². The molecular weight excluding hydrogens is 356 g/mol. The Morgan fingerprint density at radius 1 is 1.00 bits per heavy atom. The Bertz CT molecular complexity index is 1040. The molecule has 0 radical (unpaired) electrons. The molecule has 5 nitrogen and oxygen atoms in total. The average Bonchev–Trinajstić information content (AvgIpc) is 2.76. The molecule has 0 N–H and O–H groups in total. The Morgan fingerprint density at radius 3 is 2.43 bits per heavy atom. The summed E-state index contributed by atoms with van der Waals surface area (Å²) >= 11 is 0. The first-order chi connectivity index (χ1) is 13.7. The summed E-state index contributed by atoms with van der Waals surface area (Å²) in [6, 6.07) is 14.1. The Hall–Kier alpha value is -3.08. The van der Waals surface area contributed by atoms with E-state index >= 15 is 0 Å². The van der Waals surface area contributed by atoms with Gasteiger partial charge in [0.05, 0.1) is 18.4 Å². The van der Waals surface area contributed by atoms with Crippen LogP contribution >= 0.6 is 0 Å². The zero-order valence-electron chi connectivity index (χ0n) is 15.8. The van der Waals surface area contributed by atoms with E-state index < -0.39 is 0 Å². The fourth-order valence-corrected chi connectivity index (χ4v) is 3.67. The number of carbonyl (C=O) groups is 1. The molecule has 1 aliphatic carbocycles. The Balaban J connectivity index is 1.80. The molecule has 1 heterocycles. The Morgan fingerprint density at radius 2 is 1.71 bits per heavy atom. The van der Waals surface area contributed by atoms with Crippen molar-refractivity contribution in [2.75, 3.05) is 7.11 Å². The van der Waals surface area contributed by atoms with Crippen LogP contribution in [0.3, 0.4) is 0 Å². The molecule has 0 bridgehead atoms. The van der Waals surface area contributed by atoms with Crippen molar-refractivity contribution >= 4 is 16.9 Å². The van der Waals surface area contributed by atoms with Crippen LogP contribution in [-0.2, 0) is 4.79 Å². The molecule has 3 aromatic rings. The van der Waals surface area contributed by atoms with Gasteiger partial charge in [0.2, 0.25) is 11.2 Å². The molecule has 2 aromatic carbocycles. The lowest BCUT2D eigenvalue weighted by Gasteiger charge is -2.20. The standard InChI is InChI=1S/C23H22O5/c1-26-17-13-11-15(12-14-17)21-22(28-23(25)16-7-3-2-4-8-16)20(24)18-9-5-6-10-19(18)27-21/h5-6,9-14,16H,2-4,7-8H2,1H3. The van der Waals surface area contributed by atoms with Crippen LogP contribution in [0.2, 0.25) is 0 Å². The number of carbonyl (C=O) groups excluding carboxylic acids is 1. The van der Waals surface area contributed by atoms with Gasteiger partial charge >= 0.3 is 5.97 Å². The van der Waals surface area contributed by atoms with E-state index in [9.17, 15) is 9.59 Å². The lowest BCUT2D eigenvalue weighted by Crippen LogP contribution is -2.25. The summed E-state index contributed by atoms with van der Waals surface area (Å²) in [5.41, 5.74) is 0.766. The number of methoxy groups -OCH3 is 1. The van der Waals surface area contributed by atoms with Crippen LogP contribution in [0, 0.1) is 5.92 Å². The second-order valence-corrected chi connectivity index (χ2v) is 7.07. The molecule has 0 spiro atoms. The average molecular weight is 378 g/mol. The van der Waals surface area contributed by atoms with Crippen LogP contribution in [0.25, 0.3) is 22.3 Å². The van der Waals surface area contributed by atoms with Gasteiger partial charge in [-0.15, -0.1) is 0 Å². The number of para-hydroxylation sites is 1. The number of esters is 1. The van der Waals surface area contributed by atoms with Crippen LogP contribution in [0.15, 0.2) is 57.7 Å². The van der Waals surface area contributed by atoms with E-state index in [0.717, 1.165) is 32.1 Å². The molecule has 0 atom stereocenters. The Labute approximate surface area is 162 Å². The van der Waals surface area contributed by atoms with E-state index in [4.69, 9.17) is 13.9 Å². The molecule has 1 saturated carbocycles. The van der Waals surface area contributed by atoms with Crippen LogP contribution in [0.1, 0.15) is 32.1 Å². The first-order valence-corrected chi connectivity index (χ1v) is 9.59. The number of hydrogen-bond donors (Lipinski definition) is 0. The SMILES string of the molecule is COc1ccc(-c2oc3ccccc3c(=O)c2OC(=O)C2CCCCC2)cc1. The Kier molecular flexibility index (Phi) is 5.15. The molecule has 0 unspecified atom stereocenters. The van der Waals surface area contributed by atoms with Gasteiger partial charge in [0.1, 0.15) is 11.3 Å². The predicted molar refractivity (Wildman–Crippen MR) is 107 cm³/mol. The first kappa shape index (κ1) is 18.3. The van der Waals surface area contributed by atoms with Gasteiger partial charge < -0.3 is 13.9 Å². The quantitative estimate of drug-likeness (QED) is 0.601. The van der Waals surface area contributed by atoms with Crippen molar-refractivity contribution in [3.05, 3.63) is 58.8 Å². The highest BCUT2D eigenvalue weighted by Crippen LogP contribution is 2.33. The summed E-state index contributed by atoms with van der Waals surface area (Å²) in [4.78, 5) is 25.8. The molecule has 0 saturated heterocycles. The third-order valence-electron chi connectivity index (χ3n) is 5.25. The van der Waals surface area contributed by atoms with Crippen molar-refractivity contribution < 1.29 is 18.7 Å². The second-order valence-electron chi connectivity index (χ2n) is 7.07. The summed E-state index contributed by atoms with van der Waals surface area (Å²) in [7, 11) is 1.59. The summed E-state index contributed by atoms with van der Waals surface area (Å²) in [6.45, 7) is 0. The fraction of sp³-hybridized carbons (Fsp3) is 0.304. The maximum absolute atomic E-state index is 13.1. The van der Waals surface area contributed by atoms with Gasteiger partial charge in [-0.25, -0.2) is 0 Å². The molecule has 1 aliphatic rings. The van der Waals surface area contributed by atoms with Crippen LogP contribution < -0.4 is 14.9 Å². The van der Waals surface area contributed by atoms with Crippen molar-refractivity contribution in [1.29, 1.82) is 0 Å². The van der Waals surface area contributed by atoms with Gasteiger partial charge in [0.25, 0.3) is 0 Å². The molecule has 5 heteroatoms. The van der Waals surface area contributed by atoms with Crippen LogP contribution in [0.5, 0.6) is 11.5 Å². The summed E-state index contributed by atoms with van der Waals surface area (Å²) in [5.74, 6) is 0.392. The third-order valence-corrected chi connectivity index (χ3v) is 5.25. The highest BCUT2D eigenvalue weighted by molar-refractivity contribution is 5.84. The zero-order valence-corrected chi connectivity index (χ0v) is 15.8. The largest absolute Gasteiger partial charge is 0.497 e. The number of fused-ring (bicyclic) bond motifs is 1. The van der Waals surface area contributed by atoms with Crippen molar-refractivity contribution in [3.8, 4) is 22.8 Å². The highest BCUT2D eigenvalue weighted by atomic mass is 16.5. The van der Waals surface area contributed by atoms with E-state index in [-0.39, 0.29) is 28.8 Å². The lowest BCUT2D eigenvalue weighted by atomic mass is 9.89. The minimum absolute atomic E-state index is 0.0422. The number of rotatable bonds is 4. The molecule has 1 aromatic heterocycles. The molecule has 0 amide bonds. The summed E-state index contributed by atoms with van der Waals surface area (Å²) < 4.78 is 16.9. The van der Waals surface area contributed by atoms with Crippen LogP contribution in [-0.4, -0.2) is 13.1 Å². The van der Waals surface area contributed by atoms with Crippen molar-refractivity contribution in [2.45, 2.75) is 32.1 Å². The maximum Gasteiger partial charge on any atom is 0.314 e. The zero-order chi connectivity index (χ0) is 19.5. The van der Waals surface area contributed by atoms with Crippen molar-refractivity contribution in [3.63, 3.8) is 0 Å². The number of hydrogen-bond acceptors (Lipinski definition) is 5. The first-order valence-electron chi connectivity index (χ1n) is 9.59. The monoisotopic (exact) mass is 378 g/mol. The van der Waals surface area contributed by atoms with Gasteiger partial charge in [0, 0.05) is 5.56 Å². The van der Waals surface area contributed by atoms with E-state index in [1.165, 1.54) is 0 Å². The maximum atomic E-state index is 13.1. The van der Waals surface area contributed by atoms with E-state index in [2.05, 4.69) is 0 Å². The van der Waals surface area contributed by atoms with Gasteiger partial charge in [-0.1, -0.05) is 31.4 Å². The molecule has 28 heavy (non-hydrogen) atoms. The van der Waals surface area contributed by atoms with E-state index in [1.807, 2.05) is 0 Å². The second kappa shape index (κ2) is 7.89. The van der Waals surface area contributed by atoms with Crippen molar-refractivity contribution in [1.82, 2.24) is 0 Å². The normalized spacial score (nSPS) is 14.8. The summed E-state index contributed by atoms with van der Waals surface area (Å²) in [5, 5.41) is 0.395. The van der Waals surface area contributed by atoms with Gasteiger partial charge in [0.15, 0.2) is 5.76 Å². The van der Waals surface area contributed by atoms with E-state index in [0.29, 0.717) is 22.3 Å². The lowest BCUT2D eigenvalue weighted by molar-refractivity contribution is -0.140. The molecule has 0 aliphatic heterocycles. The topological polar surface area (TPSA) is 65.7 Å². The number of benzene rings is 2. The minimum Gasteiger partial charge on any atom is -0.497 e. The van der Waals surface area contributed by atoms with Gasteiger partial charge in [-0.2, -0.15) is 0 Å². The summed E-state index contributed by atoms with van der Waals surface area (Å²) in [6.07, 6.45) is 4.76. The highest BCUT2D eigenvalue weighted by Gasteiger charge is 2.27. The number of ether oxygens (including phenoxy) is 2. The molecule has 1 fully saturated rings. The molecule has 144 valence electrons. The molecular formula is C23H22O5. The third kappa shape index (κ3) is 3.52. The van der Waals surface area contributed by atoms with Crippen LogP contribution in [0.4, 0.5) is 0 Å². The smallest absolute Gasteiger partial charge is 0.314 e.